The molecule has 1 fully saturated rings. The number of furan rings is 1. The molecule has 1 saturated heterocycles. The Kier molecular flexibility index (Phi) is 3.79. The van der Waals surface area contributed by atoms with Crippen LogP contribution in [0.4, 0.5) is 0 Å². The first-order chi connectivity index (χ1) is 10.1. The van der Waals surface area contributed by atoms with Crippen LogP contribution in [0.3, 0.4) is 0 Å². The van der Waals surface area contributed by atoms with E-state index in [9.17, 15) is 4.79 Å². The summed E-state index contributed by atoms with van der Waals surface area (Å²) in [4.78, 5) is 14.2. The summed E-state index contributed by atoms with van der Waals surface area (Å²) in [5.74, 6) is 1.01. The normalized spacial score (nSPS) is 22.5. The van der Waals surface area contributed by atoms with Crippen LogP contribution in [-0.2, 0) is 11.3 Å². The summed E-state index contributed by atoms with van der Waals surface area (Å²) in [6.07, 6.45) is 3.67. The summed E-state index contributed by atoms with van der Waals surface area (Å²) < 4.78 is 13.0. The third kappa shape index (κ3) is 3.16. The molecule has 0 aromatic carbocycles. The predicted molar refractivity (Wildman–Crippen MR) is 75.9 cm³/mol. The summed E-state index contributed by atoms with van der Waals surface area (Å²) >= 11 is 0. The van der Waals surface area contributed by atoms with Crippen LogP contribution in [0, 0.1) is 0 Å². The molecule has 1 amide bonds. The molecule has 0 saturated carbocycles. The quantitative estimate of drug-likeness (QED) is 0.864. The lowest BCUT2D eigenvalue weighted by atomic mass is 10.2. The molecule has 1 aliphatic rings. The van der Waals surface area contributed by atoms with Crippen LogP contribution in [0.15, 0.2) is 35.0 Å². The highest BCUT2D eigenvalue weighted by Gasteiger charge is 2.28. The molecular formula is C15H19N3O3. The fraction of sp³-hybridized carbons (Fsp3) is 0.467. The predicted octanol–water partition coefficient (Wildman–Crippen LogP) is 1.77. The third-order valence-electron chi connectivity index (χ3n) is 3.46. The molecule has 0 spiro atoms. The van der Waals surface area contributed by atoms with Crippen molar-refractivity contribution in [2.75, 3.05) is 13.1 Å². The van der Waals surface area contributed by atoms with E-state index in [0.717, 1.165) is 5.76 Å². The molecule has 6 nitrogen and oxygen atoms in total. The second-order valence-electron chi connectivity index (χ2n) is 5.44. The molecule has 21 heavy (non-hydrogen) atoms. The Morgan fingerprint density at radius 3 is 2.76 bits per heavy atom. The van der Waals surface area contributed by atoms with E-state index in [0.29, 0.717) is 25.4 Å². The van der Waals surface area contributed by atoms with E-state index in [1.807, 2.05) is 32.2 Å². The van der Waals surface area contributed by atoms with Crippen molar-refractivity contribution in [3.63, 3.8) is 0 Å². The van der Waals surface area contributed by atoms with Gasteiger partial charge in [0.05, 0.1) is 18.8 Å². The van der Waals surface area contributed by atoms with Crippen molar-refractivity contribution < 1.29 is 13.9 Å². The molecule has 2 aromatic heterocycles. The second kappa shape index (κ2) is 5.73. The van der Waals surface area contributed by atoms with Gasteiger partial charge in [-0.15, -0.1) is 0 Å². The largest absolute Gasteiger partial charge is 0.454 e. The highest BCUT2D eigenvalue weighted by molar-refractivity contribution is 5.91. The number of hydrogen-bond donors (Lipinski definition) is 0. The van der Waals surface area contributed by atoms with Gasteiger partial charge >= 0.3 is 0 Å². The Bertz CT molecular complexity index is 595. The Morgan fingerprint density at radius 1 is 1.33 bits per heavy atom. The zero-order chi connectivity index (χ0) is 14.8. The molecule has 2 aromatic rings. The van der Waals surface area contributed by atoms with Gasteiger partial charge in [0.15, 0.2) is 5.76 Å². The van der Waals surface area contributed by atoms with Gasteiger partial charge in [0.2, 0.25) is 0 Å². The van der Waals surface area contributed by atoms with Crippen LogP contribution >= 0.6 is 0 Å². The standard InChI is InChI=1S/C15H19N3O3/c1-11-8-17(9-12(2)20-11)15(19)14-5-4-13(21-14)10-18-7-3-6-16-18/h3-7,11-12H,8-10H2,1-2H3/t11-,12-/m0/s1. The number of morpholine rings is 1. The van der Waals surface area contributed by atoms with Crippen LogP contribution < -0.4 is 0 Å². The van der Waals surface area contributed by atoms with E-state index in [2.05, 4.69) is 5.10 Å². The Hall–Kier alpha value is -2.08. The summed E-state index contributed by atoms with van der Waals surface area (Å²) in [7, 11) is 0. The van der Waals surface area contributed by atoms with Crippen molar-refractivity contribution in [2.45, 2.75) is 32.6 Å². The lowest BCUT2D eigenvalue weighted by Crippen LogP contribution is -2.48. The lowest BCUT2D eigenvalue weighted by molar-refractivity contribution is -0.0592. The second-order valence-corrected chi connectivity index (χ2v) is 5.44. The average molecular weight is 289 g/mol. The highest BCUT2D eigenvalue weighted by Crippen LogP contribution is 2.16. The summed E-state index contributed by atoms with van der Waals surface area (Å²) in [6, 6.07) is 5.40. The van der Waals surface area contributed by atoms with Gasteiger partial charge in [0.1, 0.15) is 5.76 Å². The summed E-state index contributed by atoms with van der Waals surface area (Å²) in [5, 5.41) is 4.12. The molecule has 1 aliphatic heterocycles. The summed E-state index contributed by atoms with van der Waals surface area (Å²) in [6.45, 7) is 5.66. The SMILES string of the molecule is C[C@H]1CN(C(=O)c2ccc(Cn3cccn3)o2)C[C@H](C)O1. The van der Waals surface area contributed by atoms with Crippen LogP contribution in [0.2, 0.25) is 0 Å². The maximum absolute atomic E-state index is 12.5. The van der Waals surface area contributed by atoms with Crippen molar-refractivity contribution in [3.05, 3.63) is 42.1 Å². The van der Waals surface area contributed by atoms with E-state index in [-0.39, 0.29) is 18.1 Å². The smallest absolute Gasteiger partial charge is 0.289 e. The van der Waals surface area contributed by atoms with Gasteiger partial charge in [-0.2, -0.15) is 5.10 Å². The van der Waals surface area contributed by atoms with Gasteiger partial charge in [0.25, 0.3) is 5.91 Å². The Balaban J connectivity index is 1.69. The van der Waals surface area contributed by atoms with E-state index >= 15 is 0 Å². The zero-order valence-electron chi connectivity index (χ0n) is 12.2. The van der Waals surface area contributed by atoms with Gasteiger partial charge in [-0.25, -0.2) is 0 Å². The number of ether oxygens (including phenoxy) is 1. The first kappa shape index (κ1) is 13.9. The number of rotatable bonds is 3. The molecule has 3 heterocycles. The topological polar surface area (TPSA) is 60.5 Å². The monoisotopic (exact) mass is 289 g/mol. The van der Waals surface area contributed by atoms with Crippen LogP contribution in [0.5, 0.6) is 0 Å². The fourth-order valence-electron chi connectivity index (χ4n) is 2.63. The molecule has 0 aliphatic carbocycles. The molecule has 0 radical (unpaired) electrons. The Labute approximate surface area is 123 Å². The van der Waals surface area contributed by atoms with Crippen molar-refractivity contribution in [3.8, 4) is 0 Å². The van der Waals surface area contributed by atoms with Gasteiger partial charge < -0.3 is 14.1 Å². The van der Waals surface area contributed by atoms with Gasteiger partial charge in [-0.05, 0) is 32.0 Å². The molecule has 6 heteroatoms. The number of amides is 1. The van der Waals surface area contributed by atoms with E-state index < -0.39 is 0 Å². The number of nitrogens with zero attached hydrogens (tertiary/aromatic N) is 3. The maximum Gasteiger partial charge on any atom is 0.289 e. The minimum atomic E-state index is -0.0799. The molecule has 0 unspecified atom stereocenters. The highest BCUT2D eigenvalue weighted by atomic mass is 16.5. The zero-order valence-corrected chi connectivity index (χ0v) is 12.2. The van der Waals surface area contributed by atoms with E-state index in [4.69, 9.17) is 9.15 Å². The van der Waals surface area contributed by atoms with Crippen molar-refractivity contribution >= 4 is 5.91 Å². The minimum Gasteiger partial charge on any atom is -0.454 e. The van der Waals surface area contributed by atoms with Crippen molar-refractivity contribution in [2.24, 2.45) is 0 Å². The van der Waals surface area contributed by atoms with E-state index in [1.54, 1.807) is 21.8 Å². The summed E-state index contributed by atoms with van der Waals surface area (Å²) in [5.41, 5.74) is 0. The van der Waals surface area contributed by atoms with Crippen molar-refractivity contribution in [1.82, 2.24) is 14.7 Å². The van der Waals surface area contributed by atoms with Crippen molar-refractivity contribution in [1.29, 1.82) is 0 Å². The van der Waals surface area contributed by atoms with Gasteiger partial charge in [-0.3, -0.25) is 9.48 Å². The third-order valence-corrected chi connectivity index (χ3v) is 3.46. The van der Waals surface area contributed by atoms with Gasteiger partial charge in [0, 0.05) is 25.5 Å². The number of hydrogen-bond acceptors (Lipinski definition) is 4. The van der Waals surface area contributed by atoms with Crippen LogP contribution in [-0.4, -0.2) is 45.9 Å². The molecule has 0 bridgehead atoms. The van der Waals surface area contributed by atoms with Crippen LogP contribution in [0.25, 0.3) is 0 Å². The fourth-order valence-corrected chi connectivity index (χ4v) is 2.63. The molecular weight excluding hydrogens is 270 g/mol. The first-order valence-electron chi connectivity index (χ1n) is 7.12. The number of aromatic nitrogens is 2. The molecule has 2 atom stereocenters. The number of carbonyl (C=O) groups excluding carboxylic acids is 1. The first-order valence-corrected chi connectivity index (χ1v) is 7.12. The maximum atomic E-state index is 12.5. The molecule has 0 N–H and O–H groups in total. The van der Waals surface area contributed by atoms with Crippen LogP contribution in [0.1, 0.15) is 30.2 Å². The number of carbonyl (C=O) groups is 1. The Morgan fingerprint density at radius 2 is 2.10 bits per heavy atom. The average Bonchev–Trinajstić information content (AvgIpc) is 3.09. The minimum absolute atomic E-state index is 0.0520. The molecule has 112 valence electrons. The van der Waals surface area contributed by atoms with Gasteiger partial charge in [-0.1, -0.05) is 0 Å². The van der Waals surface area contributed by atoms with E-state index in [1.165, 1.54) is 0 Å². The lowest BCUT2D eigenvalue weighted by Gasteiger charge is -2.34. The molecule has 3 rings (SSSR count).